The molecule has 0 unspecified atom stereocenters. The number of amides is 2. The molecule has 0 heterocycles. The molecule has 11 heteroatoms. The Morgan fingerprint density at radius 1 is 1.03 bits per heavy atom. The van der Waals surface area contributed by atoms with E-state index in [0.717, 1.165) is 22.5 Å². The van der Waals surface area contributed by atoms with Crippen LogP contribution in [0.3, 0.4) is 0 Å². The maximum atomic E-state index is 13.8. The highest BCUT2D eigenvalue weighted by Crippen LogP contribution is 2.34. The van der Waals surface area contributed by atoms with Gasteiger partial charge in [-0.25, -0.2) is 8.42 Å². The smallest absolute Gasteiger partial charge is 0.244 e. The molecule has 2 aromatic rings. The van der Waals surface area contributed by atoms with E-state index < -0.39 is 28.5 Å². The lowest BCUT2D eigenvalue weighted by Gasteiger charge is -2.33. The van der Waals surface area contributed by atoms with E-state index in [1.165, 1.54) is 25.2 Å². The standard InChI is InChI=1S/C26H36ClN3O6S/c1-7-18(3)28-26(32)22(8-2)29(16-19-9-11-20(27)12-10-19)25(31)17-30(37(6,33)34)23-15-21(35-4)13-14-24(23)36-5/h9-15,18,22H,7-8,16-17H2,1-6H3,(H,28,32)/t18-,22-/m1/s1. The molecule has 2 rings (SSSR count). The number of methoxy groups -OCH3 is 2. The maximum absolute atomic E-state index is 13.8. The van der Waals surface area contributed by atoms with Crippen molar-refractivity contribution in [1.82, 2.24) is 10.2 Å². The van der Waals surface area contributed by atoms with Crippen molar-refractivity contribution in [3.05, 3.63) is 53.1 Å². The number of hydrogen-bond acceptors (Lipinski definition) is 6. The lowest BCUT2D eigenvalue weighted by molar-refractivity contribution is -0.140. The number of nitrogens with one attached hydrogen (secondary N) is 1. The van der Waals surface area contributed by atoms with Crippen LogP contribution in [0.15, 0.2) is 42.5 Å². The molecule has 1 N–H and O–H groups in total. The van der Waals surface area contributed by atoms with Gasteiger partial charge >= 0.3 is 0 Å². The van der Waals surface area contributed by atoms with Crippen LogP contribution in [0.2, 0.25) is 5.02 Å². The number of rotatable bonds is 13. The van der Waals surface area contributed by atoms with Gasteiger partial charge in [-0.05, 0) is 49.6 Å². The molecule has 0 fully saturated rings. The summed E-state index contributed by atoms with van der Waals surface area (Å²) in [5.41, 5.74) is 0.902. The van der Waals surface area contributed by atoms with Gasteiger partial charge < -0.3 is 19.7 Å². The van der Waals surface area contributed by atoms with Gasteiger partial charge in [0.2, 0.25) is 21.8 Å². The van der Waals surface area contributed by atoms with E-state index in [4.69, 9.17) is 21.1 Å². The molecule has 0 bridgehead atoms. The summed E-state index contributed by atoms with van der Waals surface area (Å²) < 4.78 is 37.3. The quantitative estimate of drug-likeness (QED) is 0.404. The molecule has 0 aliphatic rings. The van der Waals surface area contributed by atoms with Crippen molar-refractivity contribution in [2.24, 2.45) is 0 Å². The van der Waals surface area contributed by atoms with Crippen LogP contribution in [-0.4, -0.2) is 64.2 Å². The Bertz CT molecular complexity index is 1170. The van der Waals surface area contributed by atoms with Gasteiger partial charge in [-0.2, -0.15) is 0 Å². The van der Waals surface area contributed by atoms with Crippen LogP contribution in [0.25, 0.3) is 0 Å². The second-order valence-electron chi connectivity index (χ2n) is 8.70. The minimum atomic E-state index is -3.93. The third kappa shape index (κ3) is 8.26. The second kappa shape index (κ2) is 13.5. The number of carbonyl (C=O) groups is 2. The van der Waals surface area contributed by atoms with E-state index in [0.29, 0.717) is 17.2 Å². The molecule has 0 spiro atoms. The fraction of sp³-hybridized carbons (Fsp3) is 0.462. The monoisotopic (exact) mass is 553 g/mol. The highest BCUT2D eigenvalue weighted by atomic mass is 35.5. The number of benzene rings is 2. The third-order valence-corrected chi connectivity index (χ3v) is 7.37. The van der Waals surface area contributed by atoms with Gasteiger partial charge in [0, 0.05) is 23.7 Å². The first kappa shape index (κ1) is 30.2. The van der Waals surface area contributed by atoms with E-state index in [1.807, 2.05) is 20.8 Å². The summed E-state index contributed by atoms with van der Waals surface area (Å²) in [6.45, 7) is 5.20. The second-order valence-corrected chi connectivity index (χ2v) is 11.0. The van der Waals surface area contributed by atoms with Gasteiger partial charge in [0.05, 0.1) is 26.2 Å². The zero-order chi connectivity index (χ0) is 27.8. The Morgan fingerprint density at radius 3 is 2.19 bits per heavy atom. The minimum absolute atomic E-state index is 0.0809. The number of carbonyl (C=O) groups excluding carboxylic acids is 2. The molecular weight excluding hydrogens is 518 g/mol. The van der Waals surface area contributed by atoms with Gasteiger partial charge in [0.25, 0.3) is 0 Å². The van der Waals surface area contributed by atoms with Crippen LogP contribution >= 0.6 is 11.6 Å². The maximum Gasteiger partial charge on any atom is 0.244 e. The summed E-state index contributed by atoms with van der Waals surface area (Å²) >= 11 is 6.02. The molecule has 37 heavy (non-hydrogen) atoms. The SMILES string of the molecule is CC[C@@H](C)NC(=O)[C@@H](CC)N(Cc1ccc(Cl)cc1)C(=O)CN(c1cc(OC)ccc1OC)S(C)(=O)=O. The largest absolute Gasteiger partial charge is 0.497 e. The molecule has 9 nitrogen and oxygen atoms in total. The third-order valence-electron chi connectivity index (χ3n) is 5.99. The van der Waals surface area contributed by atoms with Crippen LogP contribution in [0, 0.1) is 0 Å². The van der Waals surface area contributed by atoms with E-state index in [9.17, 15) is 18.0 Å². The molecule has 2 amide bonds. The summed E-state index contributed by atoms with van der Waals surface area (Å²) in [5, 5.41) is 3.48. The van der Waals surface area contributed by atoms with Crippen LogP contribution < -0.4 is 19.1 Å². The molecule has 0 aliphatic carbocycles. The molecule has 204 valence electrons. The Labute approximate surface area is 224 Å². The zero-order valence-corrected chi connectivity index (χ0v) is 23.7. The normalized spacial score (nSPS) is 12.8. The van der Waals surface area contributed by atoms with E-state index in [1.54, 1.807) is 36.4 Å². The van der Waals surface area contributed by atoms with Gasteiger partial charge in [0.15, 0.2) is 0 Å². The van der Waals surface area contributed by atoms with Crippen molar-refractivity contribution in [3.63, 3.8) is 0 Å². The van der Waals surface area contributed by atoms with Crippen LogP contribution in [-0.2, 0) is 26.2 Å². The Kier molecular flexibility index (Phi) is 11.1. The van der Waals surface area contributed by atoms with Crippen molar-refractivity contribution in [1.29, 1.82) is 0 Å². The molecule has 0 aliphatic heterocycles. The van der Waals surface area contributed by atoms with Crippen LogP contribution in [0.4, 0.5) is 5.69 Å². The van der Waals surface area contributed by atoms with Crippen molar-refractivity contribution >= 4 is 39.1 Å². The van der Waals surface area contributed by atoms with Gasteiger partial charge in [-0.1, -0.05) is 37.6 Å². The average Bonchev–Trinajstić information content (AvgIpc) is 2.86. The molecule has 0 saturated heterocycles. The fourth-order valence-electron chi connectivity index (χ4n) is 3.73. The zero-order valence-electron chi connectivity index (χ0n) is 22.2. The Balaban J connectivity index is 2.52. The molecule has 2 aromatic carbocycles. The number of halogens is 1. The van der Waals surface area contributed by atoms with E-state index in [-0.39, 0.29) is 29.9 Å². The van der Waals surface area contributed by atoms with Gasteiger partial charge in [-0.3, -0.25) is 13.9 Å². The van der Waals surface area contributed by atoms with Crippen LogP contribution in [0.5, 0.6) is 11.5 Å². The topological polar surface area (TPSA) is 105 Å². The number of ether oxygens (including phenoxy) is 2. The van der Waals surface area contributed by atoms with Crippen LogP contribution in [0.1, 0.15) is 39.2 Å². The lowest BCUT2D eigenvalue weighted by atomic mass is 10.1. The first-order chi connectivity index (χ1) is 17.4. The Hall–Kier alpha value is -2.98. The van der Waals surface area contributed by atoms with Gasteiger partial charge in [0.1, 0.15) is 24.1 Å². The average molecular weight is 554 g/mol. The first-order valence-corrected chi connectivity index (χ1v) is 14.2. The highest BCUT2D eigenvalue weighted by Gasteiger charge is 2.33. The molecule has 0 radical (unpaired) electrons. The predicted molar refractivity (Wildman–Crippen MR) is 146 cm³/mol. The molecule has 0 aromatic heterocycles. The molecule has 2 atom stereocenters. The molecular formula is C26H36ClN3O6S. The summed E-state index contributed by atoms with van der Waals surface area (Å²) in [6.07, 6.45) is 2.07. The van der Waals surface area contributed by atoms with Crippen molar-refractivity contribution in [3.8, 4) is 11.5 Å². The minimum Gasteiger partial charge on any atom is -0.497 e. The highest BCUT2D eigenvalue weighted by molar-refractivity contribution is 7.92. The molecule has 0 saturated carbocycles. The Morgan fingerprint density at radius 2 is 1.68 bits per heavy atom. The number of anilines is 1. The van der Waals surface area contributed by atoms with Crippen molar-refractivity contribution in [2.75, 3.05) is 31.3 Å². The predicted octanol–water partition coefficient (Wildman–Crippen LogP) is 3.85. The summed E-state index contributed by atoms with van der Waals surface area (Å²) in [4.78, 5) is 28.4. The lowest BCUT2D eigenvalue weighted by Crippen LogP contribution is -2.53. The van der Waals surface area contributed by atoms with Crippen molar-refractivity contribution < 1.29 is 27.5 Å². The van der Waals surface area contributed by atoms with E-state index in [2.05, 4.69) is 5.32 Å². The summed E-state index contributed by atoms with van der Waals surface area (Å²) in [7, 11) is -1.06. The van der Waals surface area contributed by atoms with Crippen molar-refractivity contribution in [2.45, 2.75) is 52.2 Å². The number of sulfonamides is 1. The first-order valence-electron chi connectivity index (χ1n) is 12.0. The summed E-state index contributed by atoms with van der Waals surface area (Å²) in [5.74, 6) is -0.195. The fourth-order valence-corrected chi connectivity index (χ4v) is 4.70. The number of hydrogen-bond donors (Lipinski definition) is 1. The van der Waals surface area contributed by atoms with Gasteiger partial charge in [-0.15, -0.1) is 0 Å². The number of nitrogens with zero attached hydrogens (tertiary/aromatic N) is 2. The van der Waals surface area contributed by atoms with E-state index >= 15 is 0 Å². The summed E-state index contributed by atoms with van der Waals surface area (Å²) in [6, 6.07) is 10.7.